The fraction of sp³-hybridized carbons (Fsp3) is 0.200. The van der Waals surface area contributed by atoms with Crippen LogP contribution in [0, 0.1) is 12.7 Å². The highest BCUT2D eigenvalue weighted by atomic mass is 79.9. The van der Waals surface area contributed by atoms with Crippen molar-refractivity contribution in [2.45, 2.75) is 18.7 Å². The Morgan fingerprint density at radius 1 is 1.22 bits per heavy atom. The summed E-state index contributed by atoms with van der Waals surface area (Å²) in [5, 5.41) is -0.166. The summed E-state index contributed by atoms with van der Waals surface area (Å²) in [6, 6.07) is 12.6. The van der Waals surface area contributed by atoms with Crippen molar-refractivity contribution in [2.24, 2.45) is 0 Å². The van der Waals surface area contributed by atoms with Gasteiger partial charge in [-0.25, -0.2) is 4.39 Å². The molecular formula is C15H13BrClF. The first-order valence-corrected chi connectivity index (χ1v) is 6.94. The lowest BCUT2D eigenvalue weighted by molar-refractivity contribution is 0.625. The predicted molar refractivity (Wildman–Crippen MR) is 77.6 cm³/mol. The molecule has 0 nitrogen and oxygen atoms in total. The van der Waals surface area contributed by atoms with Crippen molar-refractivity contribution in [1.82, 2.24) is 0 Å². The number of rotatable bonds is 3. The molecule has 0 N–H and O–H groups in total. The second kappa shape index (κ2) is 5.85. The topological polar surface area (TPSA) is 0 Å². The molecule has 0 aliphatic heterocycles. The van der Waals surface area contributed by atoms with Crippen molar-refractivity contribution in [1.29, 1.82) is 0 Å². The molecule has 0 radical (unpaired) electrons. The van der Waals surface area contributed by atoms with Crippen LogP contribution in [0.15, 0.2) is 46.9 Å². The summed E-state index contributed by atoms with van der Waals surface area (Å²) in [5.41, 5.74) is 3.11. The van der Waals surface area contributed by atoms with Gasteiger partial charge in [0.25, 0.3) is 0 Å². The Kier molecular flexibility index (Phi) is 4.41. The van der Waals surface area contributed by atoms with Gasteiger partial charge in [-0.15, -0.1) is 11.6 Å². The van der Waals surface area contributed by atoms with Crippen molar-refractivity contribution < 1.29 is 4.39 Å². The SMILES string of the molecule is Cc1ccc(Br)c(C(Cl)Cc2cccc(F)c2)c1. The van der Waals surface area contributed by atoms with E-state index in [9.17, 15) is 4.39 Å². The van der Waals surface area contributed by atoms with E-state index in [-0.39, 0.29) is 11.2 Å². The second-order valence-corrected chi connectivity index (χ2v) is 5.71. The summed E-state index contributed by atoms with van der Waals surface area (Å²) < 4.78 is 14.1. The molecule has 0 fully saturated rings. The molecule has 94 valence electrons. The largest absolute Gasteiger partial charge is 0.207 e. The Morgan fingerprint density at radius 2 is 2.00 bits per heavy atom. The minimum atomic E-state index is -0.223. The molecule has 1 unspecified atom stereocenters. The van der Waals surface area contributed by atoms with Crippen LogP contribution >= 0.6 is 27.5 Å². The van der Waals surface area contributed by atoms with Crippen molar-refractivity contribution in [3.8, 4) is 0 Å². The number of alkyl halides is 1. The molecule has 2 rings (SSSR count). The molecule has 0 amide bonds. The number of hydrogen-bond acceptors (Lipinski definition) is 0. The summed E-state index contributed by atoms with van der Waals surface area (Å²) in [5.74, 6) is -0.223. The Morgan fingerprint density at radius 3 is 2.72 bits per heavy atom. The van der Waals surface area contributed by atoms with Crippen molar-refractivity contribution in [3.05, 3.63) is 69.4 Å². The lowest BCUT2D eigenvalue weighted by atomic mass is 10.0. The van der Waals surface area contributed by atoms with Crippen LogP contribution < -0.4 is 0 Å². The van der Waals surface area contributed by atoms with Gasteiger partial charge in [-0.05, 0) is 42.7 Å². The molecule has 0 aliphatic carbocycles. The first-order chi connectivity index (χ1) is 8.56. The van der Waals surface area contributed by atoms with Crippen LogP contribution in [0.1, 0.15) is 22.1 Å². The van der Waals surface area contributed by atoms with Crippen LogP contribution in [-0.2, 0) is 6.42 Å². The first-order valence-electron chi connectivity index (χ1n) is 5.71. The Balaban J connectivity index is 2.21. The Hall–Kier alpha value is -0.860. The molecule has 0 aromatic heterocycles. The van der Waals surface area contributed by atoms with Gasteiger partial charge in [0.05, 0.1) is 5.38 Å². The van der Waals surface area contributed by atoms with Crippen molar-refractivity contribution in [3.63, 3.8) is 0 Å². The van der Waals surface area contributed by atoms with Gasteiger partial charge < -0.3 is 0 Å². The third-order valence-electron chi connectivity index (χ3n) is 2.79. The molecule has 0 bridgehead atoms. The van der Waals surface area contributed by atoms with Crippen LogP contribution in [0.2, 0.25) is 0 Å². The van der Waals surface area contributed by atoms with E-state index < -0.39 is 0 Å². The highest BCUT2D eigenvalue weighted by Crippen LogP contribution is 2.31. The van der Waals surface area contributed by atoms with Crippen LogP contribution in [0.5, 0.6) is 0 Å². The molecule has 0 heterocycles. The maximum Gasteiger partial charge on any atom is 0.123 e. The van der Waals surface area contributed by atoms with Gasteiger partial charge in [0.1, 0.15) is 5.82 Å². The highest BCUT2D eigenvalue weighted by molar-refractivity contribution is 9.10. The average molecular weight is 328 g/mol. The van der Waals surface area contributed by atoms with Gasteiger partial charge in [0, 0.05) is 4.47 Å². The van der Waals surface area contributed by atoms with Crippen LogP contribution in [0.25, 0.3) is 0 Å². The number of halogens is 3. The molecule has 1 atom stereocenters. The zero-order valence-corrected chi connectivity index (χ0v) is 12.3. The Bertz CT molecular complexity index is 554. The molecule has 0 saturated heterocycles. The Labute approximate surface area is 120 Å². The van der Waals surface area contributed by atoms with E-state index >= 15 is 0 Å². The summed E-state index contributed by atoms with van der Waals surface area (Å²) in [4.78, 5) is 0. The van der Waals surface area contributed by atoms with E-state index in [1.54, 1.807) is 6.07 Å². The molecule has 3 heteroatoms. The van der Waals surface area contributed by atoms with Crippen LogP contribution in [0.3, 0.4) is 0 Å². The summed E-state index contributed by atoms with van der Waals surface area (Å²) >= 11 is 9.92. The molecule has 2 aromatic rings. The third-order valence-corrected chi connectivity index (χ3v) is 3.90. The van der Waals surface area contributed by atoms with E-state index in [0.29, 0.717) is 6.42 Å². The fourth-order valence-corrected chi connectivity index (χ4v) is 2.90. The van der Waals surface area contributed by atoms with E-state index in [1.165, 1.54) is 12.1 Å². The number of aryl methyl sites for hydroxylation is 1. The van der Waals surface area contributed by atoms with Gasteiger partial charge in [-0.1, -0.05) is 45.8 Å². The quantitative estimate of drug-likeness (QED) is 0.660. The van der Waals surface area contributed by atoms with Crippen LogP contribution in [-0.4, -0.2) is 0 Å². The van der Waals surface area contributed by atoms with E-state index in [2.05, 4.69) is 22.0 Å². The van der Waals surface area contributed by atoms with Gasteiger partial charge >= 0.3 is 0 Å². The van der Waals surface area contributed by atoms with Gasteiger partial charge in [0.15, 0.2) is 0 Å². The molecule has 0 aliphatic rings. The lowest BCUT2D eigenvalue weighted by Crippen LogP contribution is -1.98. The average Bonchev–Trinajstić information content (AvgIpc) is 2.32. The lowest BCUT2D eigenvalue weighted by Gasteiger charge is -2.13. The predicted octanol–water partition coefficient (Wildman–Crippen LogP) is 5.42. The zero-order valence-electron chi connectivity index (χ0n) is 9.96. The monoisotopic (exact) mass is 326 g/mol. The van der Waals surface area contributed by atoms with Crippen LogP contribution in [0.4, 0.5) is 4.39 Å². The third kappa shape index (κ3) is 3.33. The summed E-state index contributed by atoms with van der Waals surface area (Å²) in [6.45, 7) is 2.03. The molecule has 0 spiro atoms. The minimum absolute atomic E-state index is 0.166. The zero-order chi connectivity index (χ0) is 13.1. The normalized spacial score (nSPS) is 12.4. The highest BCUT2D eigenvalue weighted by Gasteiger charge is 2.13. The van der Waals surface area contributed by atoms with Gasteiger partial charge in [0.2, 0.25) is 0 Å². The number of hydrogen-bond donors (Lipinski definition) is 0. The van der Waals surface area contributed by atoms with Crippen molar-refractivity contribution in [2.75, 3.05) is 0 Å². The maximum atomic E-state index is 13.1. The standard InChI is InChI=1S/C15H13BrClF/c1-10-5-6-14(16)13(7-10)15(17)9-11-3-2-4-12(18)8-11/h2-8,15H,9H2,1H3. The van der Waals surface area contributed by atoms with Gasteiger partial charge in [-0.3, -0.25) is 0 Å². The van der Waals surface area contributed by atoms with Gasteiger partial charge in [-0.2, -0.15) is 0 Å². The van der Waals surface area contributed by atoms with E-state index in [0.717, 1.165) is 21.2 Å². The fourth-order valence-electron chi connectivity index (χ4n) is 1.88. The molecule has 0 saturated carbocycles. The molecular weight excluding hydrogens is 315 g/mol. The number of benzene rings is 2. The maximum absolute atomic E-state index is 13.1. The van der Waals surface area contributed by atoms with E-state index in [1.807, 2.05) is 25.1 Å². The van der Waals surface area contributed by atoms with Crippen molar-refractivity contribution >= 4 is 27.5 Å². The summed E-state index contributed by atoms with van der Waals surface area (Å²) in [6.07, 6.45) is 0.612. The molecule has 2 aromatic carbocycles. The molecule has 18 heavy (non-hydrogen) atoms. The first kappa shape index (κ1) is 13.6. The second-order valence-electron chi connectivity index (χ2n) is 4.33. The summed E-state index contributed by atoms with van der Waals surface area (Å²) in [7, 11) is 0. The van der Waals surface area contributed by atoms with E-state index in [4.69, 9.17) is 11.6 Å². The smallest absolute Gasteiger partial charge is 0.123 e. The minimum Gasteiger partial charge on any atom is -0.207 e.